The fourth-order valence-electron chi connectivity index (χ4n) is 9.90. The van der Waals surface area contributed by atoms with Gasteiger partial charge in [-0.2, -0.15) is 0 Å². The molecular formula is C53H65N7O8. The molecule has 0 spiro atoms. The lowest BCUT2D eigenvalue weighted by atomic mass is 9.84. The third-order valence-electron chi connectivity index (χ3n) is 13.5. The van der Waals surface area contributed by atoms with Crippen molar-refractivity contribution in [1.82, 2.24) is 35.1 Å². The molecule has 15 heteroatoms. The number of cyclic esters (lactones) is 1. The number of carbonyl (C=O) groups is 5. The van der Waals surface area contributed by atoms with E-state index in [2.05, 4.69) is 71.8 Å². The first-order valence-electron chi connectivity index (χ1n) is 23.5. The Balaban J connectivity index is 1.31. The molecular weight excluding hydrogens is 863 g/mol. The molecule has 3 N–H and O–H groups in total. The maximum atomic E-state index is 14.7. The fraction of sp³-hybridized carbons (Fsp3) is 0.472. The van der Waals surface area contributed by atoms with E-state index in [-0.39, 0.29) is 45.2 Å². The van der Waals surface area contributed by atoms with Gasteiger partial charge in [-0.05, 0) is 91.6 Å². The molecule has 6 bridgehead atoms. The molecule has 2 aromatic heterocycles. The highest BCUT2D eigenvalue weighted by atomic mass is 16.5. The number of benzene rings is 2. The lowest BCUT2D eigenvalue weighted by molar-refractivity contribution is -0.156. The molecule has 2 saturated heterocycles. The predicted octanol–water partition coefficient (Wildman–Crippen LogP) is 5.38. The SMILES string of the molecule is C=CC(=O)N1CCC(O)(C(=O)N(C)[C@H](C(=O)N[C@H]2Cc3cccc(c3)-c3ccc4c(c3)c(c(-c3cccnc3[C@H](C)OC)n4CC#CC)CC(C)(C)COC(=O)[C@@H]3CCCN(N3)C2=O)C(C)C)C1. The molecule has 0 saturated carbocycles. The number of esters is 1. The van der Waals surface area contributed by atoms with E-state index < -0.39 is 64.7 Å². The smallest absolute Gasteiger partial charge is 0.324 e. The minimum Gasteiger partial charge on any atom is -0.464 e. The Morgan fingerprint density at radius 1 is 1.10 bits per heavy atom. The van der Waals surface area contributed by atoms with Gasteiger partial charge in [0.25, 0.3) is 11.8 Å². The van der Waals surface area contributed by atoms with E-state index in [9.17, 15) is 29.1 Å². The van der Waals surface area contributed by atoms with Crippen LogP contribution in [0.15, 0.2) is 73.4 Å². The number of likely N-dealkylation sites (tertiary alicyclic amines) is 1. The third kappa shape index (κ3) is 10.2. The fourth-order valence-corrected chi connectivity index (χ4v) is 9.90. The highest BCUT2D eigenvalue weighted by Gasteiger charge is 2.48. The molecule has 5 atom stereocenters. The zero-order chi connectivity index (χ0) is 49.1. The van der Waals surface area contributed by atoms with Gasteiger partial charge in [-0.25, -0.2) is 5.43 Å². The molecule has 3 aliphatic heterocycles. The number of hydrogen-bond donors (Lipinski definition) is 3. The molecule has 15 nitrogen and oxygen atoms in total. The van der Waals surface area contributed by atoms with Gasteiger partial charge in [-0.3, -0.25) is 34.0 Å². The Morgan fingerprint density at radius 2 is 1.87 bits per heavy atom. The van der Waals surface area contributed by atoms with Crippen LogP contribution in [-0.4, -0.2) is 123 Å². The molecule has 1 unspecified atom stereocenters. The Kier molecular flexibility index (Phi) is 14.9. The molecule has 4 aromatic rings. The van der Waals surface area contributed by atoms with Crippen LogP contribution in [0.5, 0.6) is 0 Å². The number of aliphatic hydroxyl groups is 1. The number of nitrogens with one attached hydrogen (secondary N) is 2. The van der Waals surface area contributed by atoms with Gasteiger partial charge in [0.15, 0.2) is 5.60 Å². The van der Waals surface area contributed by atoms with Crippen molar-refractivity contribution >= 4 is 40.5 Å². The summed E-state index contributed by atoms with van der Waals surface area (Å²) in [5.74, 6) is 3.29. The molecule has 2 fully saturated rings. The van der Waals surface area contributed by atoms with Gasteiger partial charge >= 0.3 is 5.97 Å². The Hall–Kier alpha value is -6.34. The van der Waals surface area contributed by atoms with Crippen LogP contribution in [0.25, 0.3) is 33.3 Å². The number of ether oxygens (including phenoxy) is 2. The number of likely N-dealkylation sites (N-methyl/N-ethyl adjacent to an activating group) is 1. The number of amides is 4. The summed E-state index contributed by atoms with van der Waals surface area (Å²) in [6, 6.07) is 15.2. The normalized spacial score (nSPS) is 21.6. The topological polar surface area (TPSA) is 176 Å². The number of nitrogens with zero attached hydrogens (tertiary/aromatic N) is 5. The zero-order valence-electron chi connectivity index (χ0n) is 40.6. The number of pyridine rings is 1. The molecule has 68 heavy (non-hydrogen) atoms. The van der Waals surface area contributed by atoms with Gasteiger partial charge in [-0.1, -0.05) is 70.5 Å². The number of β-amino-alcohol motifs (C(OH)–C–C–N with tert-alkyl or cyclic N) is 1. The molecule has 2 aromatic carbocycles. The largest absolute Gasteiger partial charge is 0.464 e. The molecule has 3 aliphatic rings. The number of fused-ring (bicyclic) bond motifs is 6. The standard InChI is InChI=1S/C53H65N7O8/c1-10-12-24-59-43-21-20-37-29-39(43)40(47(59)38-18-14-23-54-45(38)34(5)67-9)30-52(6,7)32-68-50(64)41-19-15-25-60(56-41)49(63)42(28-35-16-13-17-36(37)27-35)55-48(62)46(33(3)4)57(8)51(65)53(66)22-26-58(31-53)44(61)11-2/h11,13-14,16-18,20-21,23,27,29,33-34,41-42,46,56,66H,2,15,19,22,24-26,28,30-32H2,1,3-9H3,(H,55,62)/t34-,41-,42-,46-,53?/m0/s1. The average molecular weight is 928 g/mol. The van der Waals surface area contributed by atoms with Gasteiger partial charge < -0.3 is 34.3 Å². The van der Waals surface area contributed by atoms with Gasteiger partial charge in [0, 0.05) is 68.2 Å². The van der Waals surface area contributed by atoms with Crippen molar-refractivity contribution in [2.75, 3.05) is 40.4 Å². The minimum absolute atomic E-state index is 0.00471. The van der Waals surface area contributed by atoms with Crippen molar-refractivity contribution in [3.8, 4) is 34.2 Å². The molecule has 4 amide bonds. The van der Waals surface area contributed by atoms with Crippen LogP contribution >= 0.6 is 0 Å². The van der Waals surface area contributed by atoms with Crippen LogP contribution in [0.1, 0.15) is 83.7 Å². The summed E-state index contributed by atoms with van der Waals surface area (Å²) < 4.78 is 14.2. The molecule has 360 valence electrons. The molecule has 0 radical (unpaired) electrons. The van der Waals surface area contributed by atoms with Crippen LogP contribution in [0, 0.1) is 23.2 Å². The minimum atomic E-state index is -1.91. The molecule has 7 rings (SSSR count). The van der Waals surface area contributed by atoms with E-state index in [1.165, 1.54) is 21.9 Å². The van der Waals surface area contributed by atoms with Gasteiger partial charge in [0.1, 0.15) is 18.1 Å². The van der Waals surface area contributed by atoms with Gasteiger partial charge in [-0.15, -0.1) is 5.92 Å². The Labute approximate surface area is 399 Å². The van der Waals surface area contributed by atoms with Crippen molar-refractivity contribution in [3.05, 3.63) is 90.3 Å². The Bertz CT molecular complexity index is 2660. The van der Waals surface area contributed by atoms with Crippen LogP contribution in [0.2, 0.25) is 0 Å². The summed E-state index contributed by atoms with van der Waals surface area (Å²) in [5, 5.41) is 16.9. The quantitative estimate of drug-likeness (QED) is 0.106. The average Bonchev–Trinajstić information content (AvgIpc) is 3.88. The van der Waals surface area contributed by atoms with Crippen molar-refractivity contribution < 1.29 is 38.6 Å². The van der Waals surface area contributed by atoms with Crippen LogP contribution in [-0.2, 0) is 52.8 Å². The lowest BCUT2D eigenvalue weighted by Crippen LogP contribution is -2.63. The summed E-state index contributed by atoms with van der Waals surface area (Å²) in [7, 11) is 3.12. The maximum absolute atomic E-state index is 14.7. The summed E-state index contributed by atoms with van der Waals surface area (Å²) in [6.07, 6.45) is 4.15. The summed E-state index contributed by atoms with van der Waals surface area (Å²) in [5.41, 5.74) is 7.96. The third-order valence-corrected chi connectivity index (χ3v) is 13.5. The monoisotopic (exact) mass is 927 g/mol. The van der Waals surface area contributed by atoms with E-state index >= 15 is 0 Å². The van der Waals surface area contributed by atoms with Gasteiger partial charge in [0.05, 0.1) is 37.2 Å². The van der Waals surface area contributed by atoms with Crippen molar-refractivity contribution in [1.29, 1.82) is 0 Å². The maximum Gasteiger partial charge on any atom is 0.324 e. The van der Waals surface area contributed by atoms with Crippen molar-refractivity contribution in [2.45, 2.75) is 110 Å². The van der Waals surface area contributed by atoms with E-state index in [0.717, 1.165) is 56.2 Å². The predicted molar refractivity (Wildman–Crippen MR) is 259 cm³/mol. The van der Waals surface area contributed by atoms with E-state index in [1.54, 1.807) is 27.2 Å². The second kappa shape index (κ2) is 20.5. The number of hydrogen-bond acceptors (Lipinski definition) is 10. The highest BCUT2D eigenvalue weighted by molar-refractivity contribution is 5.97. The summed E-state index contributed by atoms with van der Waals surface area (Å²) in [4.78, 5) is 77.0. The number of methoxy groups -OCH3 is 1. The van der Waals surface area contributed by atoms with E-state index in [1.807, 2.05) is 44.2 Å². The highest BCUT2D eigenvalue weighted by Crippen LogP contribution is 2.42. The first kappa shape index (κ1) is 49.6. The molecule has 5 heterocycles. The first-order valence-corrected chi connectivity index (χ1v) is 23.5. The second-order valence-electron chi connectivity index (χ2n) is 19.5. The van der Waals surface area contributed by atoms with E-state index in [4.69, 9.17) is 14.5 Å². The second-order valence-corrected chi connectivity index (χ2v) is 19.5. The van der Waals surface area contributed by atoms with Crippen molar-refractivity contribution in [2.24, 2.45) is 11.3 Å². The summed E-state index contributed by atoms with van der Waals surface area (Å²) in [6.45, 7) is 15.7. The number of aromatic nitrogens is 2. The Morgan fingerprint density at radius 3 is 2.59 bits per heavy atom. The zero-order valence-corrected chi connectivity index (χ0v) is 40.6. The number of hydrazine groups is 1. The van der Waals surface area contributed by atoms with Crippen LogP contribution in [0.4, 0.5) is 0 Å². The lowest BCUT2D eigenvalue weighted by Gasteiger charge is -2.37. The summed E-state index contributed by atoms with van der Waals surface area (Å²) >= 11 is 0. The molecule has 0 aliphatic carbocycles. The van der Waals surface area contributed by atoms with Crippen molar-refractivity contribution in [3.63, 3.8) is 0 Å². The number of rotatable bonds is 10. The van der Waals surface area contributed by atoms with Crippen LogP contribution in [0.3, 0.4) is 0 Å². The number of carbonyl (C=O) groups excluding carboxylic acids is 5. The first-order chi connectivity index (χ1) is 32.4. The van der Waals surface area contributed by atoms with Gasteiger partial charge in [0.2, 0.25) is 11.8 Å². The van der Waals surface area contributed by atoms with Crippen LogP contribution < -0.4 is 10.7 Å². The van der Waals surface area contributed by atoms with E-state index in [0.29, 0.717) is 25.8 Å².